The van der Waals surface area contributed by atoms with Crippen LogP contribution in [0.2, 0.25) is 0 Å². The average molecular weight is 724 g/mol. The van der Waals surface area contributed by atoms with Crippen molar-refractivity contribution in [2.75, 3.05) is 32.7 Å². The van der Waals surface area contributed by atoms with Gasteiger partial charge in [0.05, 0.1) is 36.8 Å². The summed E-state index contributed by atoms with van der Waals surface area (Å²) in [6.45, 7) is 4.63. The Morgan fingerprint density at radius 3 is 2.15 bits per heavy atom. The van der Waals surface area contributed by atoms with Gasteiger partial charge in [-0.1, -0.05) is 78.9 Å². The van der Waals surface area contributed by atoms with E-state index in [1.54, 1.807) is 53.9 Å². The number of fused-ring (bicyclic) bond motifs is 2. The number of amides is 1. The number of nitrogens with zero attached hydrogens (tertiary/aromatic N) is 3. The SMILES string of the molecule is CCOP(=O)(COC1CN(C(=O)c2c3cccnc3c(OC(c3ccccc3)c3ccccc3)c3c(O)n(Cc4ccc(F)cc4)cc23)C1)OCC. The van der Waals surface area contributed by atoms with Gasteiger partial charge in [0.25, 0.3) is 5.91 Å². The zero-order valence-corrected chi connectivity index (χ0v) is 29.7. The summed E-state index contributed by atoms with van der Waals surface area (Å²) in [6, 6.07) is 29.2. The molecule has 1 aliphatic rings. The second kappa shape index (κ2) is 15.3. The van der Waals surface area contributed by atoms with Gasteiger partial charge in [0.15, 0.2) is 5.75 Å². The van der Waals surface area contributed by atoms with Crippen LogP contribution in [0.3, 0.4) is 0 Å². The van der Waals surface area contributed by atoms with E-state index in [0.29, 0.717) is 33.0 Å². The van der Waals surface area contributed by atoms with E-state index in [2.05, 4.69) is 0 Å². The van der Waals surface area contributed by atoms with Crippen molar-refractivity contribution in [3.8, 4) is 11.6 Å². The Morgan fingerprint density at radius 1 is 0.904 bits per heavy atom. The summed E-state index contributed by atoms with van der Waals surface area (Å²) in [7, 11) is -3.42. The van der Waals surface area contributed by atoms with Gasteiger partial charge < -0.3 is 33.1 Å². The first-order valence-corrected chi connectivity index (χ1v) is 18.9. The number of hydrogen-bond acceptors (Lipinski definition) is 8. The molecule has 1 fully saturated rings. The van der Waals surface area contributed by atoms with Crippen molar-refractivity contribution in [3.63, 3.8) is 0 Å². The molecule has 7 rings (SSSR count). The van der Waals surface area contributed by atoms with E-state index in [1.165, 1.54) is 12.1 Å². The monoisotopic (exact) mass is 723 g/mol. The predicted octanol–water partition coefficient (Wildman–Crippen LogP) is 8.32. The van der Waals surface area contributed by atoms with E-state index in [4.69, 9.17) is 23.5 Å². The number of carbonyl (C=O) groups is 1. The minimum Gasteiger partial charge on any atom is -0.494 e. The number of aromatic hydroxyl groups is 1. The van der Waals surface area contributed by atoms with Gasteiger partial charge in [-0.2, -0.15) is 0 Å². The summed E-state index contributed by atoms with van der Waals surface area (Å²) >= 11 is 0. The topological polar surface area (TPSA) is 112 Å². The molecule has 52 heavy (non-hydrogen) atoms. The number of halogens is 1. The molecule has 12 heteroatoms. The van der Waals surface area contributed by atoms with E-state index in [-0.39, 0.29) is 62.9 Å². The van der Waals surface area contributed by atoms with Crippen molar-refractivity contribution < 1.29 is 37.4 Å². The summed E-state index contributed by atoms with van der Waals surface area (Å²) in [5.74, 6) is -0.450. The van der Waals surface area contributed by atoms with Gasteiger partial charge in [0.2, 0.25) is 5.88 Å². The van der Waals surface area contributed by atoms with Gasteiger partial charge >= 0.3 is 7.60 Å². The Balaban J connectivity index is 1.31. The van der Waals surface area contributed by atoms with Crippen LogP contribution in [0, 0.1) is 5.82 Å². The lowest BCUT2D eigenvalue weighted by atomic mass is 9.97. The standard InChI is InChI=1S/C40H39FN3O7P/c1-3-49-52(47,50-4-2)26-48-31-23-44(24-31)39(45)34-32-16-11-21-42-36(32)38(51-37(28-12-7-5-8-13-28)29-14-9-6-10-15-29)35-33(34)25-43(40(35)46)22-27-17-19-30(41)20-18-27/h5-21,25,31,37,46H,3-4,22-24,26H2,1-2H3. The first-order valence-electron chi connectivity index (χ1n) is 17.2. The van der Waals surface area contributed by atoms with Crippen molar-refractivity contribution in [1.29, 1.82) is 0 Å². The van der Waals surface area contributed by atoms with Gasteiger partial charge in [-0.15, -0.1) is 0 Å². The van der Waals surface area contributed by atoms with Gasteiger partial charge in [-0.05, 0) is 48.7 Å². The number of likely N-dealkylation sites (tertiary alicyclic amines) is 1. The fraction of sp³-hybridized carbons (Fsp3) is 0.250. The lowest BCUT2D eigenvalue weighted by Gasteiger charge is -2.39. The molecule has 0 atom stereocenters. The van der Waals surface area contributed by atoms with E-state index < -0.39 is 13.7 Å². The molecule has 0 spiro atoms. The van der Waals surface area contributed by atoms with Crippen LogP contribution in [0.15, 0.2) is 109 Å². The molecule has 0 aliphatic carbocycles. The normalized spacial score (nSPS) is 13.6. The zero-order chi connectivity index (χ0) is 36.2. The molecular weight excluding hydrogens is 684 g/mol. The predicted molar refractivity (Wildman–Crippen MR) is 196 cm³/mol. The van der Waals surface area contributed by atoms with E-state index in [9.17, 15) is 18.9 Å². The Hall–Kier alpha value is -5.06. The van der Waals surface area contributed by atoms with Gasteiger partial charge in [0.1, 0.15) is 23.8 Å². The highest BCUT2D eigenvalue weighted by Crippen LogP contribution is 2.49. The quantitative estimate of drug-likeness (QED) is 0.112. The highest BCUT2D eigenvalue weighted by atomic mass is 31.2. The van der Waals surface area contributed by atoms with Crippen molar-refractivity contribution >= 4 is 35.2 Å². The van der Waals surface area contributed by atoms with Gasteiger partial charge in [-0.25, -0.2) is 4.39 Å². The Kier molecular flexibility index (Phi) is 10.4. The molecule has 268 valence electrons. The molecule has 0 saturated carbocycles. The first kappa shape index (κ1) is 35.3. The highest BCUT2D eigenvalue weighted by molar-refractivity contribution is 7.53. The lowest BCUT2D eigenvalue weighted by Crippen LogP contribution is -2.54. The molecule has 0 unspecified atom stereocenters. The summed E-state index contributed by atoms with van der Waals surface area (Å²) in [6.07, 6.45) is 2.21. The number of pyridine rings is 1. The number of rotatable bonds is 14. The van der Waals surface area contributed by atoms with Crippen molar-refractivity contribution in [1.82, 2.24) is 14.5 Å². The molecule has 10 nitrogen and oxygen atoms in total. The third-order valence-electron chi connectivity index (χ3n) is 9.01. The summed E-state index contributed by atoms with van der Waals surface area (Å²) in [4.78, 5) is 20.8. The number of benzene rings is 4. The van der Waals surface area contributed by atoms with Crippen molar-refractivity contribution in [2.45, 2.75) is 32.6 Å². The minimum absolute atomic E-state index is 0.122. The molecule has 0 bridgehead atoms. The molecule has 2 aromatic heterocycles. The molecule has 0 radical (unpaired) electrons. The highest BCUT2D eigenvalue weighted by Gasteiger charge is 2.37. The van der Waals surface area contributed by atoms with E-state index in [0.717, 1.165) is 16.7 Å². The number of carbonyl (C=O) groups excluding carboxylic acids is 1. The third-order valence-corrected chi connectivity index (χ3v) is 10.8. The Labute approximate surface area is 300 Å². The maximum atomic E-state index is 14.5. The second-order valence-electron chi connectivity index (χ2n) is 12.5. The van der Waals surface area contributed by atoms with Crippen LogP contribution >= 0.6 is 7.60 Å². The fourth-order valence-electron chi connectivity index (χ4n) is 6.53. The summed E-state index contributed by atoms with van der Waals surface area (Å²) < 4.78 is 51.9. The van der Waals surface area contributed by atoms with Crippen LogP contribution in [0.5, 0.6) is 11.6 Å². The van der Waals surface area contributed by atoms with Crippen molar-refractivity contribution in [3.05, 3.63) is 138 Å². The molecule has 3 heterocycles. The zero-order valence-electron chi connectivity index (χ0n) is 28.9. The van der Waals surface area contributed by atoms with Crippen LogP contribution in [-0.4, -0.2) is 64.2 Å². The Bertz CT molecular complexity index is 2180. The van der Waals surface area contributed by atoms with Crippen LogP contribution in [-0.2, 0) is 24.9 Å². The second-order valence-corrected chi connectivity index (χ2v) is 14.5. The van der Waals surface area contributed by atoms with Gasteiger partial charge in [-0.3, -0.25) is 14.3 Å². The molecule has 1 amide bonds. The Morgan fingerprint density at radius 2 is 1.54 bits per heavy atom. The summed E-state index contributed by atoms with van der Waals surface area (Å²) in [5, 5.41) is 13.3. The van der Waals surface area contributed by atoms with Crippen LogP contribution in [0.25, 0.3) is 21.7 Å². The maximum Gasteiger partial charge on any atom is 0.356 e. The molecule has 1 aliphatic heterocycles. The number of hydrogen-bond donors (Lipinski definition) is 1. The maximum absolute atomic E-state index is 14.5. The van der Waals surface area contributed by atoms with Crippen LogP contribution < -0.4 is 4.74 Å². The fourth-order valence-corrected chi connectivity index (χ4v) is 7.94. The number of ether oxygens (including phenoxy) is 2. The van der Waals surface area contributed by atoms with E-state index in [1.807, 2.05) is 66.7 Å². The molecule has 6 aromatic rings. The lowest BCUT2D eigenvalue weighted by molar-refractivity contribution is -0.0320. The van der Waals surface area contributed by atoms with E-state index >= 15 is 0 Å². The van der Waals surface area contributed by atoms with Crippen LogP contribution in [0.1, 0.15) is 47.0 Å². The average Bonchev–Trinajstić information content (AvgIpc) is 3.45. The molecular formula is C40H39FN3O7P. The molecule has 1 N–H and O–H groups in total. The molecule has 1 saturated heterocycles. The van der Waals surface area contributed by atoms with Crippen LogP contribution in [0.4, 0.5) is 4.39 Å². The first-order chi connectivity index (χ1) is 25.3. The summed E-state index contributed by atoms with van der Waals surface area (Å²) in [5.41, 5.74) is 3.29. The van der Waals surface area contributed by atoms with Crippen molar-refractivity contribution in [2.24, 2.45) is 0 Å². The smallest absolute Gasteiger partial charge is 0.356 e. The largest absolute Gasteiger partial charge is 0.494 e. The third kappa shape index (κ3) is 7.18. The minimum atomic E-state index is -3.42. The van der Waals surface area contributed by atoms with Gasteiger partial charge in [0, 0.05) is 36.3 Å². The number of aromatic nitrogens is 2. The molecule has 4 aromatic carbocycles.